The molecule has 1 aliphatic rings. The zero-order chi connectivity index (χ0) is 21.0. The second-order valence-electron chi connectivity index (χ2n) is 6.33. The molecule has 2 amide bonds. The molecule has 0 saturated carbocycles. The monoisotopic (exact) mass is 411 g/mol. The summed E-state index contributed by atoms with van der Waals surface area (Å²) in [5, 5.41) is 0. The topological polar surface area (TPSA) is 97.8 Å². The number of Topliss-reactive ketones (excluding diaryl/α,β-unsaturated/α-hetero) is 1. The van der Waals surface area contributed by atoms with Gasteiger partial charge in [0.15, 0.2) is 5.78 Å². The van der Waals surface area contributed by atoms with Crippen molar-refractivity contribution in [2.45, 2.75) is 6.42 Å². The molecule has 0 aromatic heterocycles. The number of fused-ring (bicyclic) bond motifs is 1. The van der Waals surface area contributed by atoms with Crippen LogP contribution in [0.2, 0.25) is 0 Å². The van der Waals surface area contributed by atoms with Crippen molar-refractivity contribution in [3.8, 4) is 11.8 Å². The maximum Gasteiger partial charge on any atom is 0.265 e. The first-order valence-electron chi connectivity index (χ1n) is 8.68. The summed E-state index contributed by atoms with van der Waals surface area (Å²) in [6, 6.07) is 13.1. The molecule has 1 aliphatic heterocycles. The molecule has 0 radical (unpaired) electrons. The van der Waals surface area contributed by atoms with E-state index in [1.165, 1.54) is 0 Å². The molecule has 3 rings (SSSR count). The number of imide groups is 1. The lowest BCUT2D eigenvalue weighted by atomic mass is 10.1. The fraction of sp³-hybridized carbons (Fsp3) is 0.190. The highest BCUT2D eigenvalue weighted by atomic mass is 32.2. The fourth-order valence-corrected chi connectivity index (χ4v) is 3.12. The summed E-state index contributed by atoms with van der Waals surface area (Å²) >= 11 is 0. The Balaban J connectivity index is 1.63. The summed E-state index contributed by atoms with van der Waals surface area (Å²) in [7, 11) is -3.56. The molecule has 0 spiro atoms. The van der Waals surface area contributed by atoms with Crippen molar-refractivity contribution < 1.29 is 27.0 Å². The standard InChI is InChI=1S/C21H17NO6S/c1-29(26,27)28-13-5-7-15-6-4-8-16(14-15)19(23)11-12-22-20(24)17-9-2-3-10-18(17)21(22)25/h2-4,6,8-10,14H,11-13H2,1H3. The number of carbonyl (C=O) groups is 3. The van der Waals surface area contributed by atoms with Crippen LogP contribution in [0.15, 0.2) is 48.5 Å². The lowest BCUT2D eigenvalue weighted by molar-refractivity contribution is 0.0649. The number of amides is 2. The first kappa shape index (κ1) is 20.5. The third kappa shape index (κ3) is 4.96. The van der Waals surface area contributed by atoms with E-state index in [0.717, 1.165) is 11.2 Å². The van der Waals surface area contributed by atoms with Crippen molar-refractivity contribution in [3.63, 3.8) is 0 Å². The second-order valence-corrected chi connectivity index (χ2v) is 7.97. The Kier molecular flexibility index (Phi) is 5.92. The SMILES string of the molecule is CS(=O)(=O)OCC#Cc1cccc(C(=O)CCN2C(=O)c3ccccc3C2=O)c1. The highest BCUT2D eigenvalue weighted by molar-refractivity contribution is 7.86. The van der Waals surface area contributed by atoms with Crippen LogP contribution < -0.4 is 0 Å². The predicted octanol–water partition coefficient (Wildman–Crippen LogP) is 1.88. The Morgan fingerprint density at radius 3 is 2.31 bits per heavy atom. The van der Waals surface area contributed by atoms with Gasteiger partial charge < -0.3 is 0 Å². The Morgan fingerprint density at radius 2 is 1.69 bits per heavy atom. The molecular formula is C21H17NO6S. The van der Waals surface area contributed by atoms with Gasteiger partial charge in [0.25, 0.3) is 21.9 Å². The van der Waals surface area contributed by atoms with Crippen molar-refractivity contribution >= 4 is 27.7 Å². The highest BCUT2D eigenvalue weighted by Crippen LogP contribution is 2.22. The van der Waals surface area contributed by atoms with Crippen molar-refractivity contribution in [2.24, 2.45) is 0 Å². The number of nitrogens with zero attached hydrogens (tertiary/aromatic N) is 1. The van der Waals surface area contributed by atoms with Gasteiger partial charge in [-0.25, -0.2) is 0 Å². The van der Waals surface area contributed by atoms with E-state index in [0.29, 0.717) is 22.3 Å². The highest BCUT2D eigenvalue weighted by Gasteiger charge is 2.34. The number of benzene rings is 2. The molecule has 0 bridgehead atoms. The Labute approximate surface area is 168 Å². The van der Waals surface area contributed by atoms with E-state index in [1.54, 1.807) is 48.5 Å². The molecule has 2 aromatic rings. The Hall–Kier alpha value is -3.28. The summed E-state index contributed by atoms with van der Waals surface area (Å²) < 4.78 is 26.3. The van der Waals surface area contributed by atoms with Gasteiger partial charge in [0.1, 0.15) is 6.61 Å². The van der Waals surface area contributed by atoms with Gasteiger partial charge in [-0.2, -0.15) is 8.42 Å². The maximum atomic E-state index is 12.5. The summed E-state index contributed by atoms with van der Waals surface area (Å²) in [6.07, 6.45) is 0.919. The molecule has 0 N–H and O–H groups in total. The molecule has 148 valence electrons. The van der Waals surface area contributed by atoms with Gasteiger partial charge in [-0.1, -0.05) is 36.1 Å². The van der Waals surface area contributed by atoms with E-state index in [1.807, 2.05) is 0 Å². The molecule has 1 heterocycles. The van der Waals surface area contributed by atoms with Crippen molar-refractivity contribution in [1.82, 2.24) is 4.90 Å². The van der Waals surface area contributed by atoms with Crippen LogP contribution in [-0.2, 0) is 14.3 Å². The van der Waals surface area contributed by atoms with Crippen LogP contribution in [0.1, 0.15) is 43.1 Å². The smallest absolute Gasteiger partial charge is 0.265 e. The van der Waals surface area contributed by atoms with E-state index in [9.17, 15) is 22.8 Å². The Morgan fingerprint density at radius 1 is 1.03 bits per heavy atom. The predicted molar refractivity (Wildman–Crippen MR) is 105 cm³/mol. The van der Waals surface area contributed by atoms with Crippen LogP contribution in [0.4, 0.5) is 0 Å². The maximum absolute atomic E-state index is 12.5. The zero-order valence-electron chi connectivity index (χ0n) is 15.5. The van der Waals surface area contributed by atoms with Crippen molar-refractivity contribution in [3.05, 3.63) is 70.8 Å². The van der Waals surface area contributed by atoms with E-state index in [4.69, 9.17) is 0 Å². The molecule has 0 saturated heterocycles. The summed E-state index contributed by atoms with van der Waals surface area (Å²) in [6.45, 7) is -0.292. The molecule has 0 unspecified atom stereocenters. The summed E-state index contributed by atoms with van der Waals surface area (Å²) in [5.41, 5.74) is 1.60. The van der Waals surface area contributed by atoms with E-state index in [2.05, 4.69) is 16.0 Å². The van der Waals surface area contributed by atoms with Gasteiger partial charge in [-0.15, -0.1) is 0 Å². The molecule has 7 nitrogen and oxygen atoms in total. The molecule has 0 aliphatic carbocycles. The van der Waals surface area contributed by atoms with E-state index in [-0.39, 0.29) is 25.4 Å². The minimum absolute atomic E-state index is 0.0106. The van der Waals surface area contributed by atoms with Gasteiger partial charge in [0, 0.05) is 24.1 Å². The third-order valence-corrected chi connectivity index (χ3v) is 4.75. The number of hydrogen-bond donors (Lipinski definition) is 0. The van der Waals surface area contributed by atoms with Gasteiger partial charge >= 0.3 is 0 Å². The first-order chi connectivity index (χ1) is 13.8. The lowest BCUT2D eigenvalue weighted by Crippen LogP contribution is -2.31. The van der Waals surface area contributed by atoms with Crippen LogP contribution >= 0.6 is 0 Å². The number of hydrogen-bond acceptors (Lipinski definition) is 6. The van der Waals surface area contributed by atoms with Gasteiger partial charge in [0.05, 0.1) is 17.4 Å². The Bertz CT molecular complexity index is 1120. The van der Waals surface area contributed by atoms with Gasteiger partial charge in [0.2, 0.25) is 0 Å². The zero-order valence-corrected chi connectivity index (χ0v) is 16.4. The van der Waals surface area contributed by atoms with Crippen LogP contribution in [0.3, 0.4) is 0 Å². The van der Waals surface area contributed by atoms with E-state index >= 15 is 0 Å². The average molecular weight is 411 g/mol. The minimum atomic E-state index is -3.56. The van der Waals surface area contributed by atoms with Crippen LogP contribution in [0.5, 0.6) is 0 Å². The van der Waals surface area contributed by atoms with Crippen LogP contribution in [0.25, 0.3) is 0 Å². The second kappa shape index (κ2) is 8.39. The minimum Gasteiger partial charge on any atom is -0.294 e. The van der Waals surface area contributed by atoms with Crippen LogP contribution in [-0.4, -0.2) is 50.3 Å². The first-order valence-corrected chi connectivity index (χ1v) is 10.5. The molecule has 0 atom stereocenters. The van der Waals surface area contributed by atoms with Crippen molar-refractivity contribution in [1.29, 1.82) is 0 Å². The quantitative estimate of drug-likeness (QED) is 0.312. The average Bonchev–Trinajstić information content (AvgIpc) is 2.93. The van der Waals surface area contributed by atoms with Gasteiger partial charge in [-0.3, -0.25) is 23.5 Å². The van der Waals surface area contributed by atoms with E-state index < -0.39 is 21.9 Å². The molecule has 2 aromatic carbocycles. The lowest BCUT2D eigenvalue weighted by Gasteiger charge is -2.13. The van der Waals surface area contributed by atoms with Gasteiger partial charge in [-0.05, 0) is 24.3 Å². The van der Waals surface area contributed by atoms with Crippen LogP contribution in [0, 0.1) is 11.8 Å². The number of carbonyl (C=O) groups excluding carboxylic acids is 3. The summed E-state index contributed by atoms with van der Waals surface area (Å²) in [4.78, 5) is 38.3. The largest absolute Gasteiger partial charge is 0.294 e. The van der Waals surface area contributed by atoms with Crippen molar-refractivity contribution in [2.75, 3.05) is 19.4 Å². The fourth-order valence-electron chi connectivity index (χ4n) is 2.84. The summed E-state index contributed by atoms with van der Waals surface area (Å²) in [5.74, 6) is 4.25. The molecule has 8 heteroatoms. The molecule has 29 heavy (non-hydrogen) atoms. The third-order valence-electron chi connectivity index (χ3n) is 4.20. The number of rotatable bonds is 6. The molecule has 0 fully saturated rings. The normalized spacial score (nSPS) is 13.1. The molecular weight excluding hydrogens is 394 g/mol. The number of ketones is 1.